The van der Waals surface area contributed by atoms with Crippen LogP contribution in [0, 0.1) is 5.92 Å². The van der Waals surface area contributed by atoms with Gasteiger partial charge in [0.25, 0.3) is 5.91 Å². The third-order valence-electron chi connectivity index (χ3n) is 8.04. The minimum atomic E-state index is -3.80. The number of benzene rings is 1. The lowest BCUT2D eigenvalue weighted by molar-refractivity contribution is -0.123. The molecule has 11 nitrogen and oxygen atoms in total. The highest BCUT2D eigenvalue weighted by atomic mass is 35.5. The summed E-state index contributed by atoms with van der Waals surface area (Å²) in [5.74, 6) is -0.851. The third-order valence-corrected chi connectivity index (χ3v) is 11.6. The molecule has 0 unspecified atom stereocenters. The van der Waals surface area contributed by atoms with Gasteiger partial charge in [0.1, 0.15) is 11.7 Å². The highest BCUT2D eigenvalue weighted by Crippen LogP contribution is 2.49. The molecule has 1 aliphatic heterocycles. The highest BCUT2D eigenvalue weighted by molar-refractivity contribution is 7.94. The molecule has 1 fully saturated rings. The number of amides is 2. The van der Waals surface area contributed by atoms with Crippen molar-refractivity contribution in [3.63, 3.8) is 0 Å². The maximum atomic E-state index is 13.7. The number of aliphatic hydroxyl groups excluding tert-OH is 1. The van der Waals surface area contributed by atoms with E-state index in [2.05, 4.69) is 10.3 Å². The van der Waals surface area contributed by atoms with Crippen molar-refractivity contribution in [1.82, 2.24) is 19.8 Å². The van der Waals surface area contributed by atoms with E-state index >= 15 is 0 Å². The average molecular weight is 608 g/mol. The molecule has 0 radical (unpaired) electrons. The number of carbonyl (C=O) groups is 3. The van der Waals surface area contributed by atoms with Gasteiger partial charge in [-0.3, -0.25) is 14.4 Å². The van der Waals surface area contributed by atoms with E-state index < -0.39 is 37.9 Å². The van der Waals surface area contributed by atoms with Crippen LogP contribution in [0.2, 0.25) is 5.02 Å². The summed E-state index contributed by atoms with van der Waals surface area (Å²) in [6.07, 6.45) is 3.17. The number of aliphatic hydroxyl groups is 1. The number of carbonyl (C=O) groups excluding carboxylic acids is 3. The summed E-state index contributed by atoms with van der Waals surface area (Å²) in [4.78, 5) is 44.3. The molecular formula is C28H38ClN5O6S. The number of ketones is 1. The summed E-state index contributed by atoms with van der Waals surface area (Å²) in [5.41, 5.74) is 6.87. The normalized spacial score (nSPS) is 18.0. The van der Waals surface area contributed by atoms with E-state index in [9.17, 15) is 22.8 Å². The van der Waals surface area contributed by atoms with Crippen molar-refractivity contribution in [2.45, 2.75) is 68.5 Å². The van der Waals surface area contributed by atoms with Gasteiger partial charge in [-0.15, -0.1) is 0 Å². The topological polar surface area (TPSA) is 165 Å². The minimum Gasteiger partial charge on any atom is -0.394 e. The van der Waals surface area contributed by atoms with Crippen LogP contribution in [-0.4, -0.2) is 87.3 Å². The number of nitrogens with one attached hydrogen (secondary N) is 1. The van der Waals surface area contributed by atoms with Crippen molar-refractivity contribution in [2.24, 2.45) is 11.7 Å². The Hall–Kier alpha value is -2.80. The van der Waals surface area contributed by atoms with Crippen LogP contribution >= 0.6 is 11.6 Å². The summed E-state index contributed by atoms with van der Waals surface area (Å²) >= 11 is 5.96. The lowest BCUT2D eigenvalue weighted by Gasteiger charge is -2.35. The molecule has 2 aliphatic rings. The first-order valence-corrected chi connectivity index (χ1v) is 15.6. The molecule has 1 aromatic carbocycles. The van der Waals surface area contributed by atoms with Crippen LogP contribution in [0.25, 0.3) is 0 Å². The molecule has 1 aromatic heterocycles. The first-order valence-electron chi connectivity index (χ1n) is 13.7. The van der Waals surface area contributed by atoms with E-state index in [-0.39, 0.29) is 55.2 Å². The maximum absolute atomic E-state index is 13.7. The first kappa shape index (κ1) is 31.1. The molecule has 0 bridgehead atoms. The minimum absolute atomic E-state index is 0.0221. The number of hydrogen-bond donors (Lipinski definition) is 3. The van der Waals surface area contributed by atoms with E-state index in [0.29, 0.717) is 30.8 Å². The van der Waals surface area contributed by atoms with Gasteiger partial charge in [-0.2, -0.15) is 0 Å². The molecule has 224 valence electrons. The fourth-order valence-electron chi connectivity index (χ4n) is 5.33. The van der Waals surface area contributed by atoms with Crippen molar-refractivity contribution in [1.29, 1.82) is 0 Å². The number of rotatable bonds is 13. The molecule has 13 heteroatoms. The Labute approximate surface area is 245 Å². The Morgan fingerprint density at radius 2 is 1.88 bits per heavy atom. The van der Waals surface area contributed by atoms with Crippen LogP contribution in [0.4, 0.5) is 0 Å². The quantitative estimate of drug-likeness (QED) is 0.289. The van der Waals surface area contributed by atoms with Gasteiger partial charge >= 0.3 is 0 Å². The van der Waals surface area contributed by atoms with Gasteiger partial charge in [-0.25, -0.2) is 13.4 Å². The molecule has 2 heterocycles. The van der Waals surface area contributed by atoms with Crippen molar-refractivity contribution < 1.29 is 27.9 Å². The van der Waals surface area contributed by atoms with Gasteiger partial charge in [-0.05, 0) is 56.7 Å². The number of aromatic nitrogens is 2. The molecule has 2 amide bonds. The monoisotopic (exact) mass is 607 g/mol. The lowest BCUT2D eigenvalue weighted by atomic mass is 9.96. The van der Waals surface area contributed by atoms with Crippen molar-refractivity contribution >= 4 is 39.0 Å². The van der Waals surface area contributed by atoms with Crippen LogP contribution < -0.4 is 11.1 Å². The molecule has 4 rings (SSSR count). The number of imidazole rings is 1. The smallest absolute Gasteiger partial charge is 0.272 e. The van der Waals surface area contributed by atoms with Gasteiger partial charge in [0.05, 0.1) is 22.3 Å². The Bertz CT molecular complexity index is 1420. The number of hydrogen-bond acceptors (Lipinski definition) is 8. The van der Waals surface area contributed by atoms with Gasteiger partial charge in [-0.1, -0.05) is 30.7 Å². The molecule has 1 aliphatic carbocycles. The number of Topliss-reactive ketones (excluding diaryl/α,β-unsaturated/α-hetero) is 1. The molecule has 1 saturated carbocycles. The van der Waals surface area contributed by atoms with Crippen LogP contribution in [-0.2, 0) is 27.6 Å². The fraction of sp³-hybridized carbons (Fsp3) is 0.571. The maximum Gasteiger partial charge on any atom is 0.272 e. The number of sulfone groups is 1. The van der Waals surface area contributed by atoms with E-state index in [1.165, 1.54) is 24.9 Å². The standard InChI is InChI=1S/C28H38ClN5O6S/c1-18(12-19-4-6-20(29)7-5-19)13-23(36)24-31-14-22-26(38)33(10-11-34(22)24)17-28(8-9-28)41(39,40)27(2,3)16-32-25(37)21(30)15-35/h4-7,14,18,21,35H,8-13,15-17,30H2,1-3H3,(H,32,37)/t18-,21+/m0/s1. The second-order valence-corrected chi connectivity index (χ2v) is 15.3. The molecule has 2 atom stereocenters. The number of nitrogens with two attached hydrogens (primary N) is 1. The van der Waals surface area contributed by atoms with Crippen molar-refractivity contribution in [2.75, 3.05) is 26.2 Å². The van der Waals surface area contributed by atoms with E-state index in [1.807, 2.05) is 31.2 Å². The van der Waals surface area contributed by atoms with Gasteiger partial charge in [0, 0.05) is 37.6 Å². The Morgan fingerprint density at radius 1 is 1.22 bits per heavy atom. The molecule has 41 heavy (non-hydrogen) atoms. The zero-order chi connectivity index (χ0) is 30.2. The largest absolute Gasteiger partial charge is 0.394 e. The third kappa shape index (κ3) is 6.35. The second kappa shape index (κ2) is 11.8. The van der Waals surface area contributed by atoms with Crippen LogP contribution in [0.1, 0.15) is 66.7 Å². The lowest BCUT2D eigenvalue weighted by Crippen LogP contribution is -2.55. The van der Waals surface area contributed by atoms with E-state index in [0.717, 1.165) is 5.56 Å². The van der Waals surface area contributed by atoms with Crippen molar-refractivity contribution in [3.05, 3.63) is 52.6 Å². The zero-order valence-electron chi connectivity index (χ0n) is 23.6. The van der Waals surface area contributed by atoms with E-state index in [4.69, 9.17) is 22.4 Å². The van der Waals surface area contributed by atoms with E-state index in [1.54, 1.807) is 4.57 Å². The van der Waals surface area contributed by atoms with Crippen LogP contribution in [0.3, 0.4) is 0 Å². The molecule has 4 N–H and O–H groups in total. The fourth-order valence-corrected chi connectivity index (χ4v) is 7.85. The van der Waals surface area contributed by atoms with Crippen molar-refractivity contribution in [3.8, 4) is 0 Å². The average Bonchev–Trinajstić information content (AvgIpc) is 3.59. The SMILES string of the molecule is C[C@H](CC(=O)c1ncc2n1CCN(CC1(S(=O)(=O)C(C)(C)CNC(=O)[C@H](N)CO)CC1)C2=O)Cc1ccc(Cl)cc1. The zero-order valence-corrected chi connectivity index (χ0v) is 25.2. The molecular weight excluding hydrogens is 570 g/mol. The molecule has 0 spiro atoms. The first-order chi connectivity index (χ1) is 19.2. The predicted octanol–water partition coefficient (Wildman–Crippen LogP) is 1.61. The van der Waals surface area contributed by atoms with Gasteiger partial charge < -0.3 is 25.6 Å². The Balaban J connectivity index is 1.41. The van der Waals surface area contributed by atoms with Gasteiger partial charge in [0.2, 0.25) is 5.91 Å². The Kier molecular flexibility index (Phi) is 8.98. The molecule has 0 saturated heterocycles. The predicted molar refractivity (Wildman–Crippen MR) is 154 cm³/mol. The second-order valence-electron chi connectivity index (χ2n) is 11.9. The number of halogens is 1. The summed E-state index contributed by atoms with van der Waals surface area (Å²) in [5, 5.41) is 12.2. The summed E-state index contributed by atoms with van der Waals surface area (Å²) in [6, 6.07) is 6.37. The Morgan fingerprint density at radius 3 is 2.49 bits per heavy atom. The summed E-state index contributed by atoms with van der Waals surface area (Å²) in [6.45, 7) is 4.94. The molecule has 2 aromatic rings. The summed E-state index contributed by atoms with van der Waals surface area (Å²) < 4.78 is 26.6. The number of nitrogens with zero attached hydrogens (tertiary/aromatic N) is 3. The summed E-state index contributed by atoms with van der Waals surface area (Å²) in [7, 11) is -3.80. The van der Waals surface area contributed by atoms with Crippen LogP contribution in [0.15, 0.2) is 30.5 Å². The van der Waals surface area contributed by atoms with Crippen LogP contribution in [0.5, 0.6) is 0 Å². The highest BCUT2D eigenvalue weighted by Gasteiger charge is 2.61. The number of fused-ring (bicyclic) bond motifs is 1. The van der Waals surface area contributed by atoms with Gasteiger partial charge in [0.15, 0.2) is 21.4 Å².